The van der Waals surface area contributed by atoms with E-state index in [4.69, 9.17) is 5.73 Å². The van der Waals surface area contributed by atoms with Gasteiger partial charge in [0.25, 0.3) is 0 Å². The van der Waals surface area contributed by atoms with Crippen LogP contribution in [0.15, 0.2) is 0 Å². The fourth-order valence-electron chi connectivity index (χ4n) is 1.50. The Kier molecular flexibility index (Phi) is 6.39. The molecule has 0 aromatic rings. The Morgan fingerprint density at radius 2 is 1.83 bits per heavy atom. The highest BCUT2D eigenvalue weighted by molar-refractivity contribution is 4.69. The highest BCUT2D eigenvalue weighted by Crippen LogP contribution is 2.08. The molecule has 74 valence electrons. The molecule has 0 aromatic heterocycles. The van der Waals surface area contributed by atoms with Crippen LogP contribution in [0.2, 0.25) is 0 Å². The predicted octanol–water partition coefficient (Wildman–Crippen LogP) is 1.84. The average molecular weight is 172 g/mol. The third-order valence-corrected chi connectivity index (χ3v) is 2.44. The fourth-order valence-corrected chi connectivity index (χ4v) is 1.50. The molecule has 0 saturated carbocycles. The molecule has 0 heterocycles. The summed E-state index contributed by atoms with van der Waals surface area (Å²) in [4.78, 5) is 2.52. The maximum atomic E-state index is 5.49. The van der Waals surface area contributed by atoms with E-state index in [0.717, 1.165) is 19.5 Å². The Hall–Kier alpha value is -0.0800. The Labute approximate surface area is 77.1 Å². The van der Waals surface area contributed by atoms with Crippen LogP contribution in [0, 0.1) is 0 Å². The molecule has 0 fully saturated rings. The van der Waals surface area contributed by atoms with Crippen molar-refractivity contribution in [3.05, 3.63) is 0 Å². The Morgan fingerprint density at radius 1 is 1.25 bits per heavy atom. The third-order valence-electron chi connectivity index (χ3n) is 2.44. The van der Waals surface area contributed by atoms with Gasteiger partial charge < -0.3 is 5.73 Å². The van der Waals surface area contributed by atoms with E-state index < -0.39 is 0 Å². The largest absolute Gasteiger partial charge is 0.330 e. The van der Waals surface area contributed by atoms with Gasteiger partial charge in [-0.3, -0.25) is 4.90 Å². The number of nitrogens with two attached hydrogens (primary N) is 1. The lowest BCUT2D eigenvalue weighted by Crippen LogP contribution is -2.39. The van der Waals surface area contributed by atoms with E-state index >= 15 is 0 Å². The van der Waals surface area contributed by atoms with Gasteiger partial charge in [-0.15, -0.1) is 0 Å². The zero-order valence-electron chi connectivity index (χ0n) is 9.01. The van der Waals surface area contributed by atoms with Crippen molar-refractivity contribution < 1.29 is 0 Å². The van der Waals surface area contributed by atoms with E-state index in [1.165, 1.54) is 6.42 Å². The molecule has 0 spiro atoms. The van der Waals surface area contributed by atoms with Gasteiger partial charge in [-0.25, -0.2) is 0 Å². The quantitative estimate of drug-likeness (QED) is 0.662. The van der Waals surface area contributed by atoms with Crippen LogP contribution in [0.5, 0.6) is 0 Å². The van der Waals surface area contributed by atoms with Crippen LogP contribution in [-0.4, -0.2) is 30.1 Å². The van der Waals surface area contributed by atoms with Gasteiger partial charge >= 0.3 is 0 Å². The van der Waals surface area contributed by atoms with Gasteiger partial charge in [0.1, 0.15) is 0 Å². The standard InChI is InChI=1S/C10H24N2/c1-5-10(4)12(9(2)3)8-6-7-11/h9-10H,5-8,11H2,1-4H3. The van der Waals surface area contributed by atoms with Crippen molar-refractivity contribution in [3.63, 3.8) is 0 Å². The molecule has 0 rings (SSSR count). The topological polar surface area (TPSA) is 29.3 Å². The van der Waals surface area contributed by atoms with E-state index in [2.05, 4.69) is 32.6 Å². The van der Waals surface area contributed by atoms with Crippen molar-refractivity contribution in [2.24, 2.45) is 5.73 Å². The van der Waals surface area contributed by atoms with Crippen LogP contribution in [0.25, 0.3) is 0 Å². The van der Waals surface area contributed by atoms with Gasteiger partial charge in [-0.1, -0.05) is 6.92 Å². The summed E-state index contributed by atoms with van der Waals surface area (Å²) in [5, 5.41) is 0. The Bertz CT molecular complexity index is 102. The normalized spacial score (nSPS) is 14.2. The minimum atomic E-state index is 0.645. The van der Waals surface area contributed by atoms with Gasteiger partial charge in [-0.05, 0) is 46.7 Å². The zero-order valence-corrected chi connectivity index (χ0v) is 9.01. The summed E-state index contributed by atoms with van der Waals surface area (Å²) in [6.45, 7) is 11.0. The van der Waals surface area contributed by atoms with Gasteiger partial charge in [-0.2, -0.15) is 0 Å². The number of hydrogen-bond donors (Lipinski definition) is 1. The molecule has 0 bridgehead atoms. The molecule has 2 nitrogen and oxygen atoms in total. The van der Waals surface area contributed by atoms with Crippen LogP contribution in [0.4, 0.5) is 0 Å². The monoisotopic (exact) mass is 172 g/mol. The van der Waals surface area contributed by atoms with Crippen molar-refractivity contribution >= 4 is 0 Å². The first kappa shape index (κ1) is 11.9. The SMILES string of the molecule is CCC(C)N(CCCN)C(C)C. The van der Waals surface area contributed by atoms with E-state index in [1.807, 2.05) is 0 Å². The number of rotatable bonds is 6. The highest BCUT2D eigenvalue weighted by Gasteiger charge is 2.13. The molecule has 0 saturated heterocycles. The minimum absolute atomic E-state index is 0.645. The molecule has 0 radical (unpaired) electrons. The second-order valence-corrected chi connectivity index (χ2v) is 3.73. The summed E-state index contributed by atoms with van der Waals surface area (Å²) in [5.41, 5.74) is 5.49. The molecule has 1 unspecified atom stereocenters. The lowest BCUT2D eigenvalue weighted by atomic mass is 10.1. The Morgan fingerprint density at radius 3 is 2.17 bits per heavy atom. The molecule has 1 atom stereocenters. The van der Waals surface area contributed by atoms with Crippen molar-refractivity contribution in [2.45, 2.75) is 52.6 Å². The minimum Gasteiger partial charge on any atom is -0.330 e. The maximum Gasteiger partial charge on any atom is 0.00670 e. The maximum absolute atomic E-state index is 5.49. The van der Waals surface area contributed by atoms with Crippen molar-refractivity contribution in [1.29, 1.82) is 0 Å². The van der Waals surface area contributed by atoms with Gasteiger partial charge in [0, 0.05) is 12.1 Å². The third kappa shape index (κ3) is 4.07. The first-order chi connectivity index (χ1) is 5.63. The second kappa shape index (κ2) is 6.44. The fraction of sp³-hybridized carbons (Fsp3) is 1.00. The molecule has 2 N–H and O–H groups in total. The molecular weight excluding hydrogens is 148 g/mol. The summed E-state index contributed by atoms with van der Waals surface area (Å²) in [6, 6.07) is 1.34. The molecule has 12 heavy (non-hydrogen) atoms. The van der Waals surface area contributed by atoms with Crippen LogP contribution >= 0.6 is 0 Å². The van der Waals surface area contributed by atoms with Crippen molar-refractivity contribution in [2.75, 3.05) is 13.1 Å². The first-order valence-corrected chi connectivity index (χ1v) is 5.09. The molecule has 2 heteroatoms. The van der Waals surface area contributed by atoms with Crippen LogP contribution in [-0.2, 0) is 0 Å². The van der Waals surface area contributed by atoms with E-state index in [0.29, 0.717) is 12.1 Å². The average Bonchev–Trinajstić information content (AvgIpc) is 2.04. The van der Waals surface area contributed by atoms with Crippen molar-refractivity contribution in [3.8, 4) is 0 Å². The Balaban J connectivity index is 3.85. The second-order valence-electron chi connectivity index (χ2n) is 3.73. The van der Waals surface area contributed by atoms with E-state index in [-0.39, 0.29) is 0 Å². The summed E-state index contributed by atoms with van der Waals surface area (Å²) < 4.78 is 0. The molecule has 0 amide bonds. The van der Waals surface area contributed by atoms with E-state index in [1.54, 1.807) is 0 Å². The molecule has 0 aromatic carbocycles. The molecule has 0 aliphatic rings. The van der Waals surface area contributed by atoms with Gasteiger partial charge in [0.15, 0.2) is 0 Å². The first-order valence-electron chi connectivity index (χ1n) is 5.09. The highest BCUT2D eigenvalue weighted by atomic mass is 15.2. The lowest BCUT2D eigenvalue weighted by Gasteiger charge is -2.32. The van der Waals surface area contributed by atoms with Crippen LogP contribution in [0.3, 0.4) is 0 Å². The van der Waals surface area contributed by atoms with Gasteiger partial charge in [0.05, 0.1) is 0 Å². The van der Waals surface area contributed by atoms with Crippen molar-refractivity contribution in [1.82, 2.24) is 4.90 Å². The smallest absolute Gasteiger partial charge is 0.00670 e. The zero-order chi connectivity index (χ0) is 9.56. The van der Waals surface area contributed by atoms with Crippen LogP contribution < -0.4 is 5.73 Å². The van der Waals surface area contributed by atoms with E-state index in [9.17, 15) is 0 Å². The number of nitrogens with zero attached hydrogens (tertiary/aromatic N) is 1. The summed E-state index contributed by atoms with van der Waals surface area (Å²) in [6.07, 6.45) is 2.34. The molecular formula is C10H24N2. The summed E-state index contributed by atoms with van der Waals surface area (Å²) in [7, 11) is 0. The molecule has 0 aliphatic carbocycles. The summed E-state index contributed by atoms with van der Waals surface area (Å²) >= 11 is 0. The molecule has 0 aliphatic heterocycles. The lowest BCUT2D eigenvalue weighted by molar-refractivity contribution is 0.159. The number of hydrogen-bond acceptors (Lipinski definition) is 2. The van der Waals surface area contributed by atoms with Crippen LogP contribution in [0.1, 0.15) is 40.5 Å². The van der Waals surface area contributed by atoms with Gasteiger partial charge in [0.2, 0.25) is 0 Å². The predicted molar refractivity (Wildman–Crippen MR) is 55.3 cm³/mol. The summed E-state index contributed by atoms with van der Waals surface area (Å²) in [5.74, 6) is 0.